The highest BCUT2D eigenvalue weighted by atomic mass is 16.5. The van der Waals surface area contributed by atoms with E-state index in [9.17, 15) is 4.79 Å². The summed E-state index contributed by atoms with van der Waals surface area (Å²) < 4.78 is 12.6. The van der Waals surface area contributed by atoms with E-state index in [1.807, 2.05) is 67.6 Å². The van der Waals surface area contributed by atoms with Crippen LogP contribution in [0.5, 0.6) is 5.88 Å². The van der Waals surface area contributed by atoms with E-state index in [1.165, 1.54) is 0 Å². The molecule has 5 nitrogen and oxygen atoms in total. The number of carbonyl (C=O) groups excluding carboxylic acids is 1. The first-order valence-corrected chi connectivity index (χ1v) is 8.30. The molecule has 0 aliphatic heterocycles. The Kier molecular flexibility index (Phi) is 5.14. The van der Waals surface area contributed by atoms with E-state index in [1.54, 1.807) is 11.6 Å². The number of nitrogens with zero attached hydrogens (tertiary/aromatic N) is 2. The summed E-state index contributed by atoms with van der Waals surface area (Å²) in [5.41, 5.74) is 2.72. The van der Waals surface area contributed by atoms with Gasteiger partial charge in [0.1, 0.15) is 5.56 Å². The van der Waals surface area contributed by atoms with Crippen LogP contribution in [0.1, 0.15) is 24.2 Å². The van der Waals surface area contributed by atoms with Crippen molar-refractivity contribution in [2.24, 2.45) is 0 Å². The summed E-state index contributed by atoms with van der Waals surface area (Å²) in [5.74, 6) is -0.157. The van der Waals surface area contributed by atoms with Crippen LogP contribution in [0.25, 0.3) is 16.9 Å². The van der Waals surface area contributed by atoms with Crippen molar-refractivity contribution in [2.45, 2.75) is 13.8 Å². The standard InChI is InChI=1S/C20H20N2O3/c1-3-24-19-17(20(23)25-4-2)18(15-11-7-5-8-12-15)22(21-19)16-13-9-6-10-14-16/h5-14H,3-4H2,1-2H3. The summed E-state index contributed by atoms with van der Waals surface area (Å²) >= 11 is 0. The van der Waals surface area contributed by atoms with Crippen LogP contribution in [-0.4, -0.2) is 29.0 Å². The Morgan fingerprint density at radius 3 is 2.20 bits per heavy atom. The highest BCUT2D eigenvalue weighted by Crippen LogP contribution is 2.33. The Balaban J connectivity index is 2.28. The Morgan fingerprint density at radius 2 is 1.60 bits per heavy atom. The van der Waals surface area contributed by atoms with Gasteiger partial charge in [-0.25, -0.2) is 9.48 Å². The minimum Gasteiger partial charge on any atom is -0.476 e. The van der Waals surface area contributed by atoms with Gasteiger partial charge in [-0.05, 0) is 26.0 Å². The number of hydrogen-bond donors (Lipinski definition) is 0. The third-order valence-electron chi connectivity index (χ3n) is 3.66. The largest absolute Gasteiger partial charge is 0.476 e. The lowest BCUT2D eigenvalue weighted by Crippen LogP contribution is -2.08. The molecule has 0 amide bonds. The number of esters is 1. The van der Waals surface area contributed by atoms with Crippen LogP contribution in [0.4, 0.5) is 0 Å². The van der Waals surface area contributed by atoms with Crippen molar-refractivity contribution in [1.29, 1.82) is 0 Å². The molecule has 0 radical (unpaired) electrons. The summed E-state index contributed by atoms with van der Waals surface area (Å²) in [5, 5.41) is 4.54. The number of para-hydroxylation sites is 1. The monoisotopic (exact) mass is 336 g/mol. The SMILES string of the molecule is CCOC(=O)c1c(OCC)nn(-c2ccccc2)c1-c1ccccc1. The van der Waals surface area contributed by atoms with Gasteiger partial charge in [-0.1, -0.05) is 48.5 Å². The molecule has 0 aliphatic rings. The van der Waals surface area contributed by atoms with Gasteiger partial charge in [0.2, 0.25) is 5.88 Å². The van der Waals surface area contributed by atoms with Gasteiger partial charge in [0.05, 0.1) is 24.6 Å². The molecule has 5 heteroatoms. The van der Waals surface area contributed by atoms with Crippen LogP contribution >= 0.6 is 0 Å². The summed E-state index contributed by atoms with van der Waals surface area (Å²) in [6.45, 7) is 4.34. The molecular formula is C20H20N2O3. The van der Waals surface area contributed by atoms with Crippen LogP contribution in [0.15, 0.2) is 60.7 Å². The van der Waals surface area contributed by atoms with Crippen molar-refractivity contribution in [3.63, 3.8) is 0 Å². The molecule has 0 saturated carbocycles. The fraction of sp³-hybridized carbons (Fsp3) is 0.200. The third-order valence-corrected chi connectivity index (χ3v) is 3.66. The zero-order chi connectivity index (χ0) is 17.6. The van der Waals surface area contributed by atoms with Crippen LogP contribution in [0.3, 0.4) is 0 Å². The Morgan fingerprint density at radius 1 is 0.960 bits per heavy atom. The maximum absolute atomic E-state index is 12.6. The topological polar surface area (TPSA) is 53.4 Å². The second kappa shape index (κ2) is 7.66. The van der Waals surface area contributed by atoms with Crippen molar-refractivity contribution in [3.8, 4) is 22.8 Å². The number of carbonyl (C=O) groups is 1. The average Bonchev–Trinajstić information content (AvgIpc) is 3.03. The summed E-state index contributed by atoms with van der Waals surface area (Å²) in [6.07, 6.45) is 0. The summed E-state index contributed by atoms with van der Waals surface area (Å²) in [7, 11) is 0. The van der Waals surface area contributed by atoms with Crippen molar-refractivity contribution in [3.05, 3.63) is 66.2 Å². The second-order valence-electron chi connectivity index (χ2n) is 5.30. The molecule has 0 fully saturated rings. The van der Waals surface area contributed by atoms with Gasteiger partial charge in [-0.15, -0.1) is 5.10 Å². The number of rotatable bonds is 6. The summed E-state index contributed by atoms with van der Waals surface area (Å²) in [4.78, 5) is 12.6. The molecule has 0 saturated heterocycles. The fourth-order valence-corrected chi connectivity index (χ4v) is 2.64. The van der Waals surface area contributed by atoms with Gasteiger partial charge >= 0.3 is 5.97 Å². The number of ether oxygens (including phenoxy) is 2. The number of aromatic nitrogens is 2. The molecule has 0 unspecified atom stereocenters. The molecule has 2 aromatic carbocycles. The van der Waals surface area contributed by atoms with Crippen molar-refractivity contribution >= 4 is 5.97 Å². The molecule has 3 aromatic rings. The highest BCUT2D eigenvalue weighted by molar-refractivity contribution is 5.99. The van der Waals surface area contributed by atoms with Gasteiger partial charge in [0.25, 0.3) is 0 Å². The average molecular weight is 336 g/mol. The second-order valence-corrected chi connectivity index (χ2v) is 5.30. The van der Waals surface area contributed by atoms with Crippen LogP contribution in [0, 0.1) is 0 Å². The Labute approximate surface area is 146 Å². The smallest absolute Gasteiger partial charge is 0.345 e. The Bertz CT molecular complexity index is 842. The lowest BCUT2D eigenvalue weighted by Gasteiger charge is -2.09. The van der Waals surface area contributed by atoms with E-state index < -0.39 is 5.97 Å². The molecule has 0 spiro atoms. The molecule has 0 N–H and O–H groups in total. The lowest BCUT2D eigenvalue weighted by atomic mass is 10.1. The minimum absolute atomic E-state index is 0.281. The third kappa shape index (κ3) is 3.40. The molecule has 3 rings (SSSR count). The zero-order valence-corrected chi connectivity index (χ0v) is 14.3. The zero-order valence-electron chi connectivity index (χ0n) is 14.3. The first-order chi connectivity index (χ1) is 12.3. The minimum atomic E-state index is -0.438. The van der Waals surface area contributed by atoms with E-state index >= 15 is 0 Å². The molecule has 128 valence electrons. The van der Waals surface area contributed by atoms with E-state index in [0.717, 1.165) is 11.3 Å². The normalized spacial score (nSPS) is 10.5. The first kappa shape index (κ1) is 16.8. The van der Waals surface area contributed by atoms with Gasteiger partial charge in [0, 0.05) is 5.56 Å². The maximum Gasteiger partial charge on any atom is 0.345 e. The molecular weight excluding hydrogens is 316 g/mol. The molecule has 0 bridgehead atoms. The van der Waals surface area contributed by atoms with Gasteiger partial charge < -0.3 is 9.47 Å². The van der Waals surface area contributed by atoms with E-state index in [2.05, 4.69) is 5.10 Å². The molecule has 25 heavy (non-hydrogen) atoms. The van der Waals surface area contributed by atoms with Crippen molar-refractivity contribution < 1.29 is 14.3 Å². The predicted molar refractivity (Wildman–Crippen MR) is 96.1 cm³/mol. The predicted octanol–water partition coefficient (Wildman–Crippen LogP) is 4.11. The fourth-order valence-electron chi connectivity index (χ4n) is 2.64. The van der Waals surface area contributed by atoms with Crippen LogP contribution in [0.2, 0.25) is 0 Å². The molecule has 1 heterocycles. The first-order valence-electron chi connectivity index (χ1n) is 8.30. The van der Waals surface area contributed by atoms with Gasteiger partial charge in [0.15, 0.2) is 0 Å². The highest BCUT2D eigenvalue weighted by Gasteiger charge is 2.27. The van der Waals surface area contributed by atoms with Gasteiger partial charge in [-0.2, -0.15) is 0 Å². The van der Waals surface area contributed by atoms with Crippen molar-refractivity contribution in [2.75, 3.05) is 13.2 Å². The molecule has 0 atom stereocenters. The molecule has 0 aliphatic carbocycles. The van der Waals surface area contributed by atoms with Crippen LogP contribution in [-0.2, 0) is 4.74 Å². The summed E-state index contributed by atoms with van der Waals surface area (Å²) in [6, 6.07) is 19.3. The van der Waals surface area contributed by atoms with Crippen molar-refractivity contribution in [1.82, 2.24) is 9.78 Å². The molecule has 1 aromatic heterocycles. The van der Waals surface area contributed by atoms with Gasteiger partial charge in [-0.3, -0.25) is 0 Å². The Hall–Kier alpha value is -3.08. The van der Waals surface area contributed by atoms with Crippen LogP contribution < -0.4 is 4.74 Å². The number of hydrogen-bond acceptors (Lipinski definition) is 4. The van der Waals surface area contributed by atoms with E-state index in [-0.39, 0.29) is 12.5 Å². The van der Waals surface area contributed by atoms with E-state index in [0.29, 0.717) is 17.9 Å². The number of benzene rings is 2. The lowest BCUT2D eigenvalue weighted by molar-refractivity contribution is 0.0523. The quantitative estimate of drug-likeness (QED) is 0.636. The maximum atomic E-state index is 12.6. The van der Waals surface area contributed by atoms with E-state index in [4.69, 9.17) is 9.47 Å².